The van der Waals surface area contributed by atoms with Crippen LogP contribution in [0.4, 0.5) is 0 Å². The quantitative estimate of drug-likeness (QED) is 0.855. The van der Waals surface area contributed by atoms with Crippen LogP contribution in [0.2, 0.25) is 0 Å². The van der Waals surface area contributed by atoms with Crippen molar-refractivity contribution in [3.63, 3.8) is 0 Å². The van der Waals surface area contributed by atoms with Gasteiger partial charge in [0, 0.05) is 26.2 Å². The van der Waals surface area contributed by atoms with E-state index in [4.69, 9.17) is 9.15 Å². The number of furan rings is 1. The van der Waals surface area contributed by atoms with Crippen LogP contribution in [0, 0.1) is 5.41 Å². The number of nitrogens with one attached hydrogen (secondary N) is 1. The summed E-state index contributed by atoms with van der Waals surface area (Å²) in [6.45, 7) is 8.12. The van der Waals surface area contributed by atoms with Gasteiger partial charge in [-0.2, -0.15) is 0 Å². The molecular formula is C14H23NO2. The Morgan fingerprint density at radius 1 is 1.24 bits per heavy atom. The van der Waals surface area contributed by atoms with Crippen LogP contribution in [0.3, 0.4) is 0 Å². The smallest absolute Gasteiger partial charge is 0.117 e. The van der Waals surface area contributed by atoms with E-state index in [1.165, 1.54) is 0 Å². The zero-order valence-electron chi connectivity index (χ0n) is 10.9. The SMILES string of the molecule is CCc1ccc(CNCC2(C)CCOCC2)o1. The third-order valence-electron chi connectivity index (χ3n) is 3.62. The number of hydrogen-bond acceptors (Lipinski definition) is 3. The minimum absolute atomic E-state index is 0.387. The molecular weight excluding hydrogens is 214 g/mol. The Balaban J connectivity index is 1.74. The maximum atomic E-state index is 5.67. The van der Waals surface area contributed by atoms with Gasteiger partial charge >= 0.3 is 0 Å². The van der Waals surface area contributed by atoms with Crippen molar-refractivity contribution in [2.75, 3.05) is 19.8 Å². The fourth-order valence-electron chi connectivity index (χ4n) is 2.24. The van der Waals surface area contributed by atoms with E-state index in [0.29, 0.717) is 5.41 Å². The molecule has 0 radical (unpaired) electrons. The monoisotopic (exact) mass is 237 g/mol. The average molecular weight is 237 g/mol. The zero-order chi connectivity index (χ0) is 12.1. The molecule has 3 heteroatoms. The Hall–Kier alpha value is -0.800. The molecule has 96 valence electrons. The van der Waals surface area contributed by atoms with Crippen molar-refractivity contribution in [3.8, 4) is 0 Å². The van der Waals surface area contributed by atoms with Crippen molar-refractivity contribution in [1.29, 1.82) is 0 Å². The molecule has 17 heavy (non-hydrogen) atoms. The molecule has 1 aromatic heterocycles. The highest BCUT2D eigenvalue weighted by atomic mass is 16.5. The summed E-state index contributed by atoms with van der Waals surface area (Å²) < 4.78 is 11.1. The lowest BCUT2D eigenvalue weighted by Gasteiger charge is -2.33. The van der Waals surface area contributed by atoms with E-state index in [1.807, 2.05) is 0 Å². The van der Waals surface area contributed by atoms with E-state index in [1.54, 1.807) is 0 Å². The van der Waals surface area contributed by atoms with Crippen molar-refractivity contribution < 1.29 is 9.15 Å². The topological polar surface area (TPSA) is 34.4 Å². The van der Waals surface area contributed by atoms with Crippen LogP contribution in [-0.4, -0.2) is 19.8 Å². The molecule has 0 unspecified atom stereocenters. The summed E-state index contributed by atoms with van der Waals surface area (Å²) in [5, 5.41) is 3.50. The zero-order valence-corrected chi connectivity index (χ0v) is 10.9. The van der Waals surface area contributed by atoms with Gasteiger partial charge in [-0.25, -0.2) is 0 Å². The van der Waals surface area contributed by atoms with Crippen LogP contribution in [0.15, 0.2) is 16.5 Å². The summed E-state index contributed by atoms with van der Waals surface area (Å²) in [4.78, 5) is 0. The number of ether oxygens (including phenoxy) is 1. The highest BCUT2D eigenvalue weighted by Crippen LogP contribution is 2.28. The highest BCUT2D eigenvalue weighted by Gasteiger charge is 2.26. The van der Waals surface area contributed by atoms with Crippen LogP contribution in [-0.2, 0) is 17.7 Å². The summed E-state index contributed by atoms with van der Waals surface area (Å²) >= 11 is 0. The van der Waals surface area contributed by atoms with Crippen LogP contribution < -0.4 is 5.32 Å². The van der Waals surface area contributed by atoms with Crippen LogP contribution in [0.1, 0.15) is 38.2 Å². The van der Waals surface area contributed by atoms with Gasteiger partial charge < -0.3 is 14.5 Å². The van der Waals surface area contributed by atoms with Gasteiger partial charge in [0.15, 0.2) is 0 Å². The molecule has 0 saturated carbocycles. The second-order valence-electron chi connectivity index (χ2n) is 5.25. The normalized spacial score (nSPS) is 19.4. The Morgan fingerprint density at radius 2 is 1.94 bits per heavy atom. The van der Waals surface area contributed by atoms with Crippen LogP contribution in [0.25, 0.3) is 0 Å². The lowest BCUT2D eigenvalue weighted by Crippen LogP contribution is -2.36. The van der Waals surface area contributed by atoms with E-state index in [0.717, 1.165) is 57.1 Å². The standard InChI is InChI=1S/C14H23NO2/c1-3-12-4-5-13(17-12)10-15-11-14(2)6-8-16-9-7-14/h4-5,15H,3,6-11H2,1-2H3. The molecule has 3 nitrogen and oxygen atoms in total. The predicted molar refractivity (Wildman–Crippen MR) is 68.0 cm³/mol. The van der Waals surface area contributed by atoms with Crippen LogP contribution in [0.5, 0.6) is 0 Å². The van der Waals surface area contributed by atoms with Gasteiger partial charge in [-0.1, -0.05) is 13.8 Å². The lowest BCUT2D eigenvalue weighted by molar-refractivity contribution is 0.0238. The second kappa shape index (κ2) is 5.69. The van der Waals surface area contributed by atoms with E-state index < -0.39 is 0 Å². The summed E-state index contributed by atoms with van der Waals surface area (Å²) in [7, 11) is 0. The molecule has 0 atom stereocenters. The van der Waals surface area contributed by atoms with Crippen molar-refractivity contribution in [3.05, 3.63) is 23.7 Å². The molecule has 0 spiro atoms. The van der Waals surface area contributed by atoms with Crippen molar-refractivity contribution in [2.24, 2.45) is 5.41 Å². The Bertz CT molecular complexity index is 340. The molecule has 1 fully saturated rings. The largest absolute Gasteiger partial charge is 0.465 e. The Labute approximate surface area is 104 Å². The number of hydrogen-bond donors (Lipinski definition) is 1. The van der Waals surface area contributed by atoms with E-state index in [-0.39, 0.29) is 0 Å². The van der Waals surface area contributed by atoms with Gasteiger partial charge in [0.25, 0.3) is 0 Å². The Morgan fingerprint density at radius 3 is 2.59 bits per heavy atom. The molecule has 0 amide bonds. The average Bonchev–Trinajstić information content (AvgIpc) is 2.78. The molecule has 2 rings (SSSR count). The van der Waals surface area contributed by atoms with Gasteiger partial charge in [-0.05, 0) is 30.4 Å². The summed E-state index contributed by atoms with van der Waals surface area (Å²) in [5.41, 5.74) is 0.387. The van der Waals surface area contributed by atoms with Crippen LogP contribution >= 0.6 is 0 Å². The Kier molecular flexibility index (Phi) is 4.24. The molecule has 1 saturated heterocycles. The van der Waals surface area contributed by atoms with Crippen molar-refractivity contribution in [2.45, 2.75) is 39.7 Å². The first-order chi connectivity index (χ1) is 8.22. The van der Waals surface area contributed by atoms with Gasteiger partial charge in [0.05, 0.1) is 6.54 Å². The molecule has 1 N–H and O–H groups in total. The molecule has 1 aliphatic heterocycles. The molecule has 1 aliphatic rings. The molecule has 1 aromatic rings. The first-order valence-electron chi connectivity index (χ1n) is 6.58. The number of aryl methyl sites for hydroxylation is 1. The maximum absolute atomic E-state index is 5.67. The summed E-state index contributed by atoms with van der Waals surface area (Å²) in [6.07, 6.45) is 3.27. The third-order valence-corrected chi connectivity index (χ3v) is 3.62. The minimum Gasteiger partial charge on any atom is -0.465 e. The third kappa shape index (κ3) is 3.58. The van der Waals surface area contributed by atoms with Gasteiger partial charge in [0.2, 0.25) is 0 Å². The lowest BCUT2D eigenvalue weighted by atomic mass is 9.82. The summed E-state index contributed by atoms with van der Waals surface area (Å²) in [5.74, 6) is 2.11. The van der Waals surface area contributed by atoms with Crippen molar-refractivity contribution in [1.82, 2.24) is 5.32 Å². The van der Waals surface area contributed by atoms with E-state index in [9.17, 15) is 0 Å². The fraction of sp³-hybridized carbons (Fsp3) is 0.714. The first-order valence-corrected chi connectivity index (χ1v) is 6.58. The van der Waals surface area contributed by atoms with E-state index >= 15 is 0 Å². The highest BCUT2D eigenvalue weighted by molar-refractivity contribution is 5.06. The van der Waals surface area contributed by atoms with E-state index in [2.05, 4.69) is 31.3 Å². The molecule has 0 aliphatic carbocycles. The predicted octanol–water partition coefficient (Wildman–Crippen LogP) is 2.75. The van der Waals surface area contributed by atoms with Gasteiger partial charge in [-0.3, -0.25) is 0 Å². The second-order valence-corrected chi connectivity index (χ2v) is 5.25. The first kappa shape index (κ1) is 12.7. The fourth-order valence-corrected chi connectivity index (χ4v) is 2.24. The van der Waals surface area contributed by atoms with Gasteiger partial charge in [-0.15, -0.1) is 0 Å². The molecule has 0 aromatic carbocycles. The van der Waals surface area contributed by atoms with Crippen molar-refractivity contribution >= 4 is 0 Å². The van der Waals surface area contributed by atoms with Gasteiger partial charge in [0.1, 0.15) is 11.5 Å². The molecule has 0 bridgehead atoms. The number of rotatable bonds is 5. The summed E-state index contributed by atoms with van der Waals surface area (Å²) in [6, 6.07) is 4.13. The molecule has 2 heterocycles. The maximum Gasteiger partial charge on any atom is 0.117 e. The minimum atomic E-state index is 0.387.